The zero-order valence-corrected chi connectivity index (χ0v) is 7.04. The zero-order chi connectivity index (χ0) is 6.91. The Morgan fingerprint density at radius 1 is 1.44 bits per heavy atom. The number of alkyl halides is 1. The maximum Gasteiger partial charge on any atom is 0.0277 e. The summed E-state index contributed by atoms with van der Waals surface area (Å²) in [5.74, 6) is 1.73. The van der Waals surface area contributed by atoms with E-state index in [4.69, 9.17) is 11.6 Å². The van der Waals surface area contributed by atoms with Crippen LogP contribution in [-0.4, -0.2) is 5.88 Å². The van der Waals surface area contributed by atoms with E-state index in [2.05, 4.69) is 13.8 Å². The predicted octanol–water partition coefficient (Wildman–Crippen LogP) is 3.05. The third kappa shape index (κ3) is 1.40. The lowest BCUT2D eigenvalue weighted by Gasteiger charge is -2.38. The van der Waals surface area contributed by atoms with E-state index >= 15 is 0 Å². The third-order valence-corrected chi connectivity index (χ3v) is 3.24. The number of hydrogen-bond donors (Lipinski definition) is 0. The summed E-state index contributed by atoms with van der Waals surface area (Å²) in [6.07, 6.45) is 4.23. The molecule has 0 N–H and O–H groups in total. The first-order chi connectivity index (χ1) is 4.17. The lowest BCUT2D eigenvalue weighted by molar-refractivity contribution is 0.144. The smallest absolute Gasteiger partial charge is 0.0277 e. The molecule has 1 fully saturated rings. The molecule has 0 amide bonds. The van der Waals surface area contributed by atoms with Gasteiger partial charge in [-0.05, 0) is 24.2 Å². The minimum absolute atomic E-state index is 0.403. The van der Waals surface area contributed by atoms with E-state index in [0.29, 0.717) is 5.41 Å². The molecule has 1 aliphatic rings. The van der Waals surface area contributed by atoms with E-state index in [1.807, 2.05) is 0 Å². The average molecular weight is 147 g/mol. The second-order valence-corrected chi connectivity index (χ2v) is 4.02. The van der Waals surface area contributed by atoms with Gasteiger partial charge in [0.15, 0.2) is 0 Å². The first kappa shape index (κ1) is 7.40. The Morgan fingerprint density at radius 3 is 2.11 bits per heavy atom. The minimum Gasteiger partial charge on any atom is -0.126 e. The molecule has 0 unspecified atom stereocenters. The van der Waals surface area contributed by atoms with Crippen LogP contribution in [-0.2, 0) is 0 Å². The molecule has 1 saturated carbocycles. The van der Waals surface area contributed by atoms with Gasteiger partial charge in [-0.1, -0.05) is 20.3 Å². The van der Waals surface area contributed by atoms with Crippen molar-refractivity contribution in [3.63, 3.8) is 0 Å². The highest BCUT2D eigenvalue weighted by Gasteiger charge is 2.32. The summed E-state index contributed by atoms with van der Waals surface area (Å²) < 4.78 is 0. The van der Waals surface area contributed by atoms with Crippen molar-refractivity contribution >= 4 is 11.6 Å². The van der Waals surface area contributed by atoms with Crippen LogP contribution < -0.4 is 0 Å². The van der Waals surface area contributed by atoms with Crippen LogP contribution in [0.3, 0.4) is 0 Å². The Labute approximate surface area is 62.6 Å². The highest BCUT2D eigenvalue weighted by molar-refractivity contribution is 6.18. The molecule has 9 heavy (non-hydrogen) atoms. The first-order valence-electron chi connectivity index (χ1n) is 3.73. The maximum absolute atomic E-state index is 5.80. The molecule has 0 aromatic carbocycles. The molecule has 0 bridgehead atoms. The number of hydrogen-bond acceptors (Lipinski definition) is 0. The van der Waals surface area contributed by atoms with Gasteiger partial charge in [-0.15, -0.1) is 11.6 Å². The van der Waals surface area contributed by atoms with Gasteiger partial charge in [-0.2, -0.15) is 0 Å². The van der Waals surface area contributed by atoms with E-state index < -0.39 is 0 Å². The van der Waals surface area contributed by atoms with Crippen LogP contribution in [0.2, 0.25) is 0 Å². The molecule has 0 aromatic heterocycles. The van der Waals surface area contributed by atoms with Gasteiger partial charge in [-0.3, -0.25) is 0 Å². The van der Waals surface area contributed by atoms with Crippen molar-refractivity contribution < 1.29 is 0 Å². The van der Waals surface area contributed by atoms with Gasteiger partial charge < -0.3 is 0 Å². The molecular formula is C8H15Cl. The van der Waals surface area contributed by atoms with Crippen LogP contribution in [0.1, 0.15) is 33.1 Å². The topological polar surface area (TPSA) is 0 Å². The number of halogens is 1. The zero-order valence-electron chi connectivity index (χ0n) is 6.28. The molecule has 0 spiro atoms. The summed E-state index contributed by atoms with van der Waals surface area (Å²) in [7, 11) is 0. The summed E-state index contributed by atoms with van der Waals surface area (Å²) in [6, 6.07) is 0. The Morgan fingerprint density at radius 2 is 2.00 bits per heavy atom. The fourth-order valence-electron chi connectivity index (χ4n) is 1.30. The quantitative estimate of drug-likeness (QED) is 0.526. The van der Waals surface area contributed by atoms with E-state index in [1.165, 1.54) is 19.3 Å². The largest absolute Gasteiger partial charge is 0.126 e. The first-order valence-corrected chi connectivity index (χ1v) is 4.26. The lowest BCUT2D eigenvalue weighted by atomic mass is 9.68. The molecule has 1 aliphatic carbocycles. The van der Waals surface area contributed by atoms with Gasteiger partial charge in [0, 0.05) is 5.88 Å². The monoisotopic (exact) mass is 146 g/mol. The van der Waals surface area contributed by atoms with Crippen LogP contribution in [0.5, 0.6) is 0 Å². The highest BCUT2D eigenvalue weighted by atomic mass is 35.5. The Bertz CT molecular complexity index is 92.7. The van der Waals surface area contributed by atoms with Crippen molar-refractivity contribution in [2.45, 2.75) is 33.1 Å². The van der Waals surface area contributed by atoms with Crippen molar-refractivity contribution in [1.29, 1.82) is 0 Å². The molecule has 0 saturated heterocycles. The standard InChI is InChI=1S/C8H15Cl/c1-8(2,6-9)7-4-3-5-7/h7H,3-6H2,1-2H3. The summed E-state index contributed by atoms with van der Waals surface area (Å²) >= 11 is 5.80. The third-order valence-electron chi connectivity index (χ3n) is 2.55. The average Bonchev–Trinajstić information content (AvgIpc) is 1.60. The van der Waals surface area contributed by atoms with Gasteiger partial charge in [0.1, 0.15) is 0 Å². The van der Waals surface area contributed by atoms with E-state index in [-0.39, 0.29) is 0 Å². The molecule has 0 atom stereocenters. The van der Waals surface area contributed by atoms with E-state index in [0.717, 1.165) is 11.8 Å². The van der Waals surface area contributed by atoms with Gasteiger partial charge in [0.25, 0.3) is 0 Å². The normalized spacial score (nSPS) is 21.7. The van der Waals surface area contributed by atoms with Crippen LogP contribution in [0.4, 0.5) is 0 Å². The summed E-state index contributed by atoms with van der Waals surface area (Å²) in [6.45, 7) is 4.54. The Kier molecular flexibility index (Phi) is 2.05. The van der Waals surface area contributed by atoms with E-state index in [1.54, 1.807) is 0 Å². The molecule has 0 aromatic rings. The van der Waals surface area contributed by atoms with Gasteiger partial charge in [0.05, 0.1) is 0 Å². The fraction of sp³-hybridized carbons (Fsp3) is 1.00. The molecule has 0 radical (unpaired) electrons. The van der Waals surface area contributed by atoms with Crippen LogP contribution in [0.15, 0.2) is 0 Å². The highest BCUT2D eigenvalue weighted by Crippen LogP contribution is 2.41. The molecule has 1 heteroatoms. The van der Waals surface area contributed by atoms with Crippen molar-refractivity contribution in [2.24, 2.45) is 11.3 Å². The molecule has 0 aliphatic heterocycles. The second-order valence-electron chi connectivity index (χ2n) is 3.75. The second kappa shape index (κ2) is 2.49. The van der Waals surface area contributed by atoms with Crippen LogP contribution >= 0.6 is 11.6 Å². The summed E-state index contributed by atoms with van der Waals surface area (Å²) in [5, 5.41) is 0. The van der Waals surface area contributed by atoms with Crippen molar-refractivity contribution in [3.8, 4) is 0 Å². The molecule has 0 heterocycles. The van der Waals surface area contributed by atoms with Gasteiger partial charge in [-0.25, -0.2) is 0 Å². The maximum atomic E-state index is 5.80. The molecule has 1 rings (SSSR count). The van der Waals surface area contributed by atoms with Crippen molar-refractivity contribution in [3.05, 3.63) is 0 Å². The SMILES string of the molecule is CC(C)(CCl)C1CCC1. The Balaban J connectivity index is 2.37. The van der Waals surface area contributed by atoms with Crippen LogP contribution in [0.25, 0.3) is 0 Å². The Hall–Kier alpha value is 0.290. The van der Waals surface area contributed by atoms with Crippen molar-refractivity contribution in [1.82, 2.24) is 0 Å². The molecule has 54 valence electrons. The minimum atomic E-state index is 0.403. The van der Waals surface area contributed by atoms with Gasteiger partial charge >= 0.3 is 0 Å². The van der Waals surface area contributed by atoms with Gasteiger partial charge in [0.2, 0.25) is 0 Å². The van der Waals surface area contributed by atoms with E-state index in [9.17, 15) is 0 Å². The fourth-order valence-corrected chi connectivity index (χ4v) is 1.52. The summed E-state index contributed by atoms with van der Waals surface area (Å²) in [5.41, 5.74) is 0.403. The molecule has 0 nitrogen and oxygen atoms in total. The number of rotatable bonds is 2. The predicted molar refractivity (Wildman–Crippen MR) is 41.8 cm³/mol. The van der Waals surface area contributed by atoms with Crippen molar-refractivity contribution in [2.75, 3.05) is 5.88 Å². The summed E-state index contributed by atoms with van der Waals surface area (Å²) in [4.78, 5) is 0. The van der Waals surface area contributed by atoms with Crippen LogP contribution in [0, 0.1) is 11.3 Å². The molecular weight excluding hydrogens is 132 g/mol. The lowest BCUT2D eigenvalue weighted by Crippen LogP contribution is -2.30.